The topological polar surface area (TPSA) is 52.0 Å². The average Bonchev–Trinajstić information content (AvgIpc) is 2.35. The number of hydrogen-bond acceptors (Lipinski definition) is 2. The van der Waals surface area contributed by atoms with Crippen molar-refractivity contribution in [1.29, 1.82) is 0 Å². The maximum atomic E-state index is 6.26. The molecule has 1 aliphatic rings. The van der Waals surface area contributed by atoms with Crippen molar-refractivity contribution >= 4 is 21.1 Å². The summed E-state index contributed by atoms with van der Waals surface area (Å²) in [6.07, 6.45) is 6.57. The summed E-state index contributed by atoms with van der Waals surface area (Å²) in [5, 5.41) is 0. The van der Waals surface area contributed by atoms with Crippen molar-refractivity contribution in [2.75, 3.05) is 0 Å². The van der Waals surface area contributed by atoms with Gasteiger partial charge in [-0.3, -0.25) is 0 Å². The number of nitrogens with two attached hydrogens (primary N) is 2. The molecule has 1 aromatic rings. The van der Waals surface area contributed by atoms with E-state index < -0.39 is 0 Å². The molecular formula is C14H20N2Sn. The molecule has 1 atom stereocenters. The molecule has 1 aliphatic carbocycles. The molecule has 4 N–H and O–H groups in total. The van der Waals surface area contributed by atoms with Gasteiger partial charge >= 0.3 is 31.0 Å². The van der Waals surface area contributed by atoms with Gasteiger partial charge in [-0.15, -0.1) is 0 Å². The Morgan fingerprint density at radius 2 is 1.76 bits per heavy atom. The first-order valence-corrected chi connectivity index (χ1v) is 11.4. The third-order valence-electron chi connectivity index (χ3n) is 2.56. The molecule has 2 rings (SSSR count). The minimum atomic E-state index is -0.385. The predicted octanol–water partition coefficient (Wildman–Crippen LogP) is 2.43. The Morgan fingerprint density at radius 3 is 2.24 bits per heavy atom. The van der Waals surface area contributed by atoms with Crippen molar-refractivity contribution in [3.8, 4) is 0 Å². The average molecular weight is 335 g/mol. The Hall–Kier alpha value is -0.741. The van der Waals surface area contributed by atoms with E-state index in [1.54, 1.807) is 0 Å². The first kappa shape index (κ1) is 14.3. The van der Waals surface area contributed by atoms with Crippen LogP contribution in [-0.4, -0.2) is 21.1 Å². The van der Waals surface area contributed by atoms with Crippen LogP contribution >= 0.6 is 0 Å². The molecule has 90 valence electrons. The van der Waals surface area contributed by atoms with Crippen molar-refractivity contribution in [2.45, 2.75) is 21.8 Å². The fraction of sp³-hybridized carbons (Fsp3) is 0.286. The van der Waals surface area contributed by atoms with Crippen LogP contribution in [0.3, 0.4) is 0 Å². The van der Waals surface area contributed by atoms with E-state index in [1.165, 1.54) is 0 Å². The summed E-state index contributed by atoms with van der Waals surface area (Å²) >= 11 is 0.230. The molecule has 0 heterocycles. The normalized spacial score (nSPS) is 22.4. The van der Waals surface area contributed by atoms with Crippen molar-refractivity contribution in [3.63, 3.8) is 0 Å². The van der Waals surface area contributed by atoms with Crippen LogP contribution in [0.5, 0.6) is 0 Å². The fourth-order valence-electron chi connectivity index (χ4n) is 1.63. The zero-order chi connectivity index (χ0) is 12.7. The first-order chi connectivity index (χ1) is 8.12. The summed E-state index contributed by atoms with van der Waals surface area (Å²) < 4.78 is 0. The molecule has 0 bridgehead atoms. The zero-order valence-electron chi connectivity index (χ0n) is 10.5. The van der Waals surface area contributed by atoms with Crippen molar-refractivity contribution in [1.82, 2.24) is 0 Å². The van der Waals surface area contributed by atoms with Crippen LogP contribution in [0.15, 0.2) is 54.3 Å². The number of hydrogen-bond donors (Lipinski definition) is 2. The fourth-order valence-corrected chi connectivity index (χ4v) is 1.63. The molecule has 0 fully saturated rings. The standard InChI is InChI=1S/C12H14N2.2CH3.Sn/c13-11-6-8-12(14,9-7-11)10-4-2-1-3-5-10;;;/h1-8H,9,13-14H2;2*1H3;. The quantitative estimate of drug-likeness (QED) is 0.775. The van der Waals surface area contributed by atoms with Crippen LogP contribution in [-0.2, 0) is 5.54 Å². The molecule has 0 spiro atoms. The maximum absolute atomic E-state index is 6.26. The monoisotopic (exact) mass is 336 g/mol. The Morgan fingerprint density at radius 1 is 1.18 bits per heavy atom. The molecule has 0 saturated carbocycles. The van der Waals surface area contributed by atoms with E-state index in [9.17, 15) is 0 Å². The molecule has 0 amide bonds. The summed E-state index contributed by atoms with van der Waals surface area (Å²) in [7, 11) is 0. The summed E-state index contributed by atoms with van der Waals surface area (Å²) in [4.78, 5) is 4.59. The Bertz CT molecular complexity index is 398. The molecule has 0 aromatic heterocycles. The van der Waals surface area contributed by atoms with E-state index >= 15 is 0 Å². The van der Waals surface area contributed by atoms with Gasteiger partial charge < -0.3 is 11.5 Å². The Labute approximate surface area is 114 Å². The van der Waals surface area contributed by atoms with Crippen molar-refractivity contribution < 1.29 is 0 Å². The minimum absolute atomic E-state index is 0.230. The summed E-state index contributed by atoms with van der Waals surface area (Å²) in [6, 6.07) is 10.1. The summed E-state index contributed by atoms with van der Waals surface area (Å²) in [5.74, 6) is 0. The van der Waals surface area contributed by atoms with Crippen LogP contribution in [0.4, 0.5) is 0 Å². The van der Waals surface area contributed by atoms with Gasteiger partial charge in [-0.2, -0.15) is 0 Å². The zero-order valence-corrected chi connectivity index (χ0v) is 13.3. The van der Waals surface area contributed by atoms with Crippen molar-refractivity contribution in [3.05, 3.63) is 59.8 Å². The molecular weight excluding hydrogens is 315 g/mol. The van der Waals surface area contributed by atoms with E-state index in [0.717, 1.165) is 17.7 Å². The molecule has 1 unspecified atom stereocenters. The van der Waals surface area contributed by atoms with Crippen LogP contribution in [0, 0.1) is 0 Å². The van der Waals surface area contributed by atoms with Crippen LogP contribution in [0.2, 0.25) is 9.88 Å². The second-order valence-corrected chi connectivity index (χ2v) is 7.00. The second-order valence-electron chi connectivity index (χ2n) is 4.15. The van der Waals surface area contributed by atoms with Crippen molar-refractivity contribution in [2.24, 2.45) is 11.5 Å². The van der Waals surface area contributed by atoms with Gasteiger partial charge in [-0.1, -0.05) is 42.5 Å². The predicted molar refractivity (Wildman–Crippen MR) is 75.8 cm³/mol. The van der Waals surface area contributed by atoms with Gasteiger partial charge in [0, 0.05) is 5.70 Å². The molecule has 0 saturated heterocycles. The molecule has 0 aliphatic heterocycles. The molecule has 2 radical (unpaired) electrons. The molecule has 3 heteroatoms. The van der Waals surface area contributed by atoms with Crippen LogP contribution in [0.1, 0.15) is 12.0 Å². The van der Waals surface area contributed by atoms with E-state index in [0.29, 0.717) is 0 Å². The van der Waals surface area contributed by atoms with Gasteiger partial charge in [0.15, 0.2) is 0 Å². The van der Waals surface area contributed by atoms with Crippen LogP contribution < -0.4 is 11.5 Å². The summed E-state index contributed by atoms with van der Waals surface area (Å²) in [6.45, 7) is 0. The van der Waals surface area contributed by atoms with E-state index in [4.69, 9.17) is 11.5 Å². The number of allylic oxidation sites excluding steroid dienone is 1. The van der Waals surface area contributed by atoms with E-state index in [1.807, 2.05) is 48.6 Å². The van der Waals surface area contributed by atoms with Crippen LogP contribution in [0.25, 0.3) is 0 Å². The van der Waals surface area contributed by atoms with Gasteiger partial charge in [0.2, 0.25) is 0 Å². The summed E-state index contributed by atoms with van der Waals surface area (Å²) in [5.41, 5.74) is 13.4. The first-order valence-electron chi connectivity index (χ1n) is 5.70. The third kappa shape index (κ3) is 4.20. The number of rotatable bonds is 1. The van der Waals surface area contributed by atoms with Gasteiger partial charge in [0.05, 0.1) is 5.54 Å². The Balaban J connectivity index is 0.000000437. The molecule has 1 aromatic carbocycles. The van der Waals surface area contributed by atoms with Gasteiger partial charge in [-0.25, -0.2) is 0 Å². The SMILES string of the molecule is NC1=CCC(N)(c2ccccc2)C=C1.[CH3][Sn][CH3]. The molecule has 17 heavy (non-hydrogen) atoms. The van der Waals surface area contributed by atoms with E-state index in [-0.39, 0.29) is 26.7 Å². The second kappa shape index (κ2) is 6.86. The van der Waals surface area contributed by atoms with Gasteiger partial charge in [-0.05, 0) is 18.1 Å². The third-order valence-corrected chi connectivity index (χ3v) is 2.56. The number of benzene rings is 1. The molecule has 2 nitrogen and oxygen atoms in total. The van der Waals surface area contributed by atoms with Gasteiger partial charge in [0.25, 0.3) is 0 Å². The van der Waals surface area contributed by atoms with E-state index in [2.05, 4.69) is 9.88 Å². The Kier molecular flexibility index (Phi) is 5.78. The van der Waals surface area contributed by atoms with Gasteiger partial charge in [0.1, 0.15) is 0 Å².